The highest BCUT2D eigenvalue weighted by Crippen LogP contribution is 2.22. The van der Waals surface area contributed by atoms with Gasteiger partial charge in [0.15, 0.2) is 5.01 Å². The summed E-state index contributed by atoms with van der Waals surface area (Å²) < 4.78 is 7.36. The van der Waals surface area contributed by atoms with Crippen molar-refractivity contribution in [2.45, 2.75) is 32.4 Å². The summed E-state index contributed by atoms with van der Waals surface area (Å²) in [6.07, 6.45) is 2.19. The highest BCUT2D eigenvalue weighted by atomic mass is 32.1. The number of aromatic nitrogens is 3. The van der Waals surface area contributed by atoms with Crippen molar-refractivity contribution in [3.63, 3.8) is 0 Å². The first-order valence-corrected chi connectivity index (χ1v) is 7.38. The number of anilines is 1. The van der Waals surface area contributed by atoms with Crippen LogP contribution >= 0.6 is 11.3 Å². The Morgan fingerprint density at radius 3 is 3.00 bits per heavy atom. The van der Waals surface area contributed by atoms with Crippen molar-refractivity contribution in [2.24, 2.45) is 0 Å². The van der Waals surface area contributed by atoms with Crippen molar-refractivity contribution in [1.29, 1.82) is 0 Å². The summed E-state index contributed by atoms with van der Waals surface area (Å²) in [5.74, 6) is 0. The van der Waals surface area contributed by atoms with Crippen molar-refractivity contribution in [3.8, 4) is 10.6 Å². The van der Waals surface area contributed by atoms with E-state index >= 15 is 0 Å². The number of ether oxygens (including phenoxy) is 1. The van der Waals surface area contributed by atoms with E-state index in [2.05, 4.69) is 10.2 Å². The standard InChI is InChI=1S/C13H16N4O2S/c1-8-4-5-10(11-15-16-13(14)20-11)12(18)17(8)7-9-3-2-6-19-9/h4-5,9H,2-3,6-7H2,1H3,(H2,14,16). The zero-order chi connectivity index (χ0) is 14.1. The van der Waals surface area contributed by atoms with Gasteiger partial charge in [0.05, 0.1) is 18.2 Å². The van der Waals surface area contributed by atoms with Crippen LogP contribution in [0.1, 0.15) is 18.5 Å². The molecule has 2 aromatic heterocycles. The number of pyridine rings is 1. The zero-order valence-electron chi connectivity index (χ0n) is 11.2. The number of hydrogen-bond donors (Lipinski definition) is 1. The van der Waals surface area contributed by atoms with Crippen LogP contribution in [-0.4, -0.2) is 27.5 Å². The van der Waals surface area contributed by atoms with Crippen LogP contribution in [0, 0.1) is 6.92 Å². The number of hydrogen-bond acceptors (Lipinski definition) is 6. The van der Waals surface area contributed by atoms with E-state index in [0.717, 1.165) is 25.1 Å². The number of rotatable bonds is 3. The van der Waals surface area contributed by atoms with Gasteiger partial charge in [-0.2, -0.15) is 0 Å². The summed E-state index contributed by atoms with van der Waals surface area (Å²) in [6, 6.07) is 3.70. The SMILES string of the molecule is Cc1ccc(-c2nnc(N)s2)c(=O)n1CC1CCCO1. The van der Waals surface area contributed by atoms with Gasteiger partial charge in [0, 0.05) is 12.3 Å². The molecule has 2 aromatic rings. The lowest BCUT2D eigenvalue weighted by molar-refractivity contribution is 0.0957. The molecule has 0 aliphatic carbocycles. The largest absolute Gasteiger partial charge is 0.376 e. The van der Waals surface area contributed by atoms with Crippen LogP contribution < -0.4 is 11.3 Å². The van der Waals surface area contributed by atoms with Crippen molar-refractivity contribution in [3.05, 3.63) is 28.2 Å². The van der Waals surface area contributed by atoms with Crippen LogP contribution in [0.3, 0.4) is 0 Å². The van der Waals surface area contributed by atoms with E-state index in [1.807, 2.05) is 13.0 Å². The lowest BCUT2D eigenvalue weighted by Crippen LogP contribution is -2.28. The summed E-state index contributed by atoms with van der Waals surface area (Å²) >= 11 is 1.22. The Balaban J connectivity index is 1.99. The molecule has 0 aromatic carbocycles. The van der Waals surface area contributed by atoms with Gasteiger partial charge >= 0.3 is 0 Å². The molecule has 3 heterocycles. The van der Waals surface area contributed by atoms with Crippen LogP contribution in [0.15, 0.2) is 16.9 Å². The van der Waals surface area contributed by atoms with Crippen LogP contribution in [0.2, 0.25) is 0 Å². The van der Waals surface area contributed by atoms with E-state index in [0.29, 0.717) is 22.2 Å². The topological polar surface area (TPSA) is 83.0 Å². The third-order valence-electron chi connectivity index (χ3n) is 3.47. The summed E-state index contributed by atoms with van der Waals surface area (Å²) in [5, 5.41) is 8.64. The predicted molar refractivity (Wildman–Crippen MR) is 77.7 cm³/mol. The summed E-state index contributed by atoms with van der Waals surface area (Å²) in [6.45, 7) is 3.30. The van der Waals surface area contributed by atoms with Gasteiger partial charge in [-0.3, -0.25) is 4.79 Å². The van der Waals surface area contributed by atoms with Gasteiger partial charge < -0.3 is 15.0 Å². The second-order valence-corrected chi connectivity index (χ2v) is 5.89. The Labute approximate surface area is 120 Å². The number of nitrogens with zero attached hydrogens (tertiary/aromatic N) is 3. The maximum Gasteiger partial charge on any atom is 0.261 e. The maximum absolute atomic E-state index is 12.6. The van der Waals surface area contributed by atoms with Crippen LogP contribution in [0.25, 0.3) is 10.6 Å². The van der Waals surface area contributed by atoms with Gasteiger partial charge in [-0.05, 0) is 31.9 Å². The van der Waals surface area contributed by atoms with E-state index in [1.165, 1.54) is 11.3 Å². The molecule has 0 radical (unpaired) electrons. The quantitative estimate of drug-likeness (QED) is 0.925. The third kappa shape index (κ3) is 2.46. The van der Waals surface area contributed by atoms with Gasteiger partial charge in [-0.1, -0.05) is 11.3 Å². The molecule has 0 spiro atoms. The molecule has 0 amide bonds. The average molecular weight is 292 g/mol. The maximum atomic E-state index is 12.6. The predicted octanol–water partition coefficient (Wildman–Crippen LogP) is 1.44. The van der Waals surface area contributed by atoms with E-state index in [4.69, 9.17) is 10.5 Å². The Morgan fingerprint density at radius 1 is 1.50 bits per heavy atom. The Morgan fingerprint density at radius 2 is 2.35 bits per heavy atom. The molecule has 3 rings (SSSR count). The molecule has 6 nitrogen and oxygen atoms in total. The van der Waals surface area contributed by atoms with E-state index in [9.17, 15) is 4.79 Å². The lowest BCUT2D eigenvalue weighted by atomic mass is 10.2. The molecule has 106 valence electrons. The Kier molecular flexibility index (Phi) is 3.54. The fourth-order valence-corrected chi connectivity index (χ4v) is 3.02. The molecule has 0 saturated carbocycles. The van der Waals surface area contributed by atoms with Gasteiger partial charge in [-0.25, -0.2) is 0 Å². The van der Waals surface area contributed by atoms with Gasteiger partial charge in [0.2, 0.25) is 5.13 Å². The lowest BCUT2D eigenvalue weighted by Gasteiger charge is -2.15. The minimum atomic E-state index is -0.0587. The van der Waals surface area contributed by atoms with Crippen LogP contribution in [0.4, 0.5) is 5.13 Å². The second-order valence-electron chi connectivity index (χ2n) is 4.88. The van der Waals surface area contributed by atoms with Gasteiger partial charge in [0.25, 0.3) is 5.56 Å². The smallest absolute Gasteiger partial charge is 0.261 e. The highest BCUT2D eigenvalue weighted by Gasteiger charge is 2.19. The fraction of sp³-hybridized carbons (Fsp3) is 0.462. The molecule has 1 fully saturated rings. The summed E-state index contributed by atoms with van der Waals surface area (Å²) in [7, 11) is 0. The minimum Gasteiger partial charge on any atom is -0.376 e. The van der Waals surface area contributed by atoms with Gasteiger partial charge in [0.1, 0.15) is 0 Å². The van der Waals surface area contributed by atoms with Gasteiger partial charge in [-0.15, -0.1) is 10.2 Å². The number of nitrogens with two attached hydrogens (primary N) is 1. The number of aryl methyl sites for hydroxylation is 1. The highest BCUT2D eigenvalue weighted by molar-refractivity contribution is 7.18. The first-order valence-electron chi connectivity index (χ1n) is 6.56. The normalized spacial score (nSPS) is 18.6. The third-order valence-corrected chi connectivity index (χ3v) is 4.26. The molecule has 2 N–H and O–H groups in total. The average Bonchev–Trinajstić information content (AvgIpc) is 3.06. The molecular formula is C13H16N4O2S. The van der Waals surface area contributed by atoms with Crippen LogP contribution in [0.5, 0.6) is 0 Å². The molecule has 1 aliphatic rings. The van der Waals surface area contributed by atoms with E-state index in [1.54, 1.807) is 10.6 Å². The Hall–Kier alpha value is -1.73. The second kappa shape index (κ2) is 5.34. The molecule has 0 bridgehead atoms. The van der Waals surface area contributed by atoms with Crippen LogP contribution in [-0.2, 0) is 11.3 Å². The fourth-order valence-electron chi connectivity index (χ4n) is 2.40. The molecule has 7 heteroatoms. The zero-order valence-corrected chi connectivity index (χ0v) is 12.0. The molecule has 1 unspecified atom stereocenters. The first kappa shape index (κ1) is 13.3. The van der Waals surface area contributed by atoms with E-state index < -0.39 is 0 Å². The number of nitrogen functional groups attached to an aromatic ring is 1. The molecular weight excluding hydrogens is 276 g/mol. The molecule has 1 atom stereocenters. The molecule has 1 saturated heterocycles. The minimum absolute atomic E-state index is 0.0587. The van der Waals surface area contributed by atoms with Crippen molar-refractivity contribution in [2.75, 3.05) is 12.3 Å². The summed E-state index contributed by atoms with van der Waals surface area (Å²) in [4.78, 5) is 12.6. The monoisotopic (exact) mass is 292 g/mol. The first-order chi connectivity index (χ1) is 9.65. The van der Waals surface area contributed by atoms with Crippen molar-refractivity contribution >= 4 is 16.5 Å². The Bertz CT molecular complexity index is 673. The van der Waals surface area contributed by atoms with Crippen molar-refractivity contribution < 1.29 is 4.74 Å². The molecule has 20 heavy (non-hydrogen) atoms. The molecule has 1 aliphatic heterocycles. The van der Waals surface area contributed by atoms with Crippen molar-refractivity contribution in [1.82, 2.24) is 14.8 Å². The van der Waals surface area contributed by atoms with E-state index in [-0.39, 0.29) is 11.7 Å². The summed E-state index contributed by atoms with van der Waals surface area (Å²) in [5.41, 5.74) is 6.99.